The summed E-state index contributed by atoms with van der Waals surface area (Å²) in [5.41, 5.74) is 5.33. The second-order valence-electron chi connectivity index (χ2n) is 7.32. The Morgan fingerprint density at radius 2 is 0.906 bits per heavy atom. The van der Waals surface area contributed by atoms with Crippen LogP contribution in [0.25, 0.3) is 21.5 Å². The zero-order valence-electron chi connectivity index (χ0n) is 18.3. The quantitative estimate of drug-likeness (QED) is 0.227. The number of hydrogen-bond donors (Lipinski definition) is 0. The Morgan fingerprint density at radius 1 is 0.594 bits per heavy atom. The predicted molar refractivity (Wildman–Crippen MR) is 127 cm³/mol. The van der Waals surface area contributed by atoms with Crippen molar-refractivity contribution in [3.8, 4) is 0 Å². The van der Waals surface area contributed by atoms with E-state index in [9.17, 15) is 0 Å². The normalized spacial score (nSPS) is 11.6. The molecule has 4 heteroatoms. The van der Waals surface area contributed by atoms with E-state index in [2.05, 4.69) is 110 Å². The Hall–Kier alpha value is -1.44. The number of hydrogen-bond acceptors (Lipinski definition) is 0. The standard InChI is InChI=1S/2C13H9.C2H6Si.2ClH.Zr/c2*1-2-5-11-9-13-7-3-6-12(13)8-10(11)4-1;1-3-2;;;/h2*1-5,8-9H,6H2;1-2H3;2*1H;/q2*-1;;;;+4/p-2. The van der Waals surface area contributed by atoms with Crippen molar-refractivity contribution in [2.24, 2.45) is 0 Å². The van der Waals surface area contributed by atoms with E-state index < -0.39 is 0 Å². The molecule has 0 aliphatic heterocycles. The van der Waals surface area contributed by atoms with Gasteiger partial charge in [-0.3, -0.25) is 0 Å². The van der Waals surface area contributed by atoms with Crippen LogP contribution in [-0.2, 0) is 39.0 Å². The molecule has 0 spiro atoms. The largest absolute Gasteiger partial charge is 4.00 e. The first kappa shape index (κ1) is 28.6. The van der Waals surface area contributed by atoms with E-state index >= 15 is 0 Å². The van der Waals surface area contributed by atoms with Gasteiger partial charge >= 0.3 is 26.2 Å². The summed E-state index contributed by atoms with van der Waals surface area (Å²) in [7, 11) is 1.08. The first-order valence-corrected chi connectivity index (χ1v) is 12.1. The van der Waals surface area contributed by atoms with Crippen molar-refractivity contribution >= 4 is 31.1 Å². The van der Waals surface area contributed by atoms with Crippen molar-refractivity contribution in [3.63, 3.8) is 0 Å². The van der Waals surface area contributed by atoms with Crippen LogP contribution in [0.3, 0.4) is 0 Å². The summed E-state index contributed by atoms with van der Waals surface area (Å²) < 4.78 is 0. The minimum Gasteiger partial charge on any atom is -1.00 e. The summed E-state index contributed by atoms with van der Waals surface area (Å²) in [6, 6.07) is 25.9. The Morgan fingerprint density at radius 3 is 1.25 bits per heavy atom. The van der Waals surface area contributed by atoms with E-state index in [0.29, 0.717) is 0 Å². The molecule has 0 fully saturated rings. The molecule has 0 atom stereocenters. The molecule has 0 saturated carbocycles. The van der Waals surface area contributed by atoms with Gasteiger partial charge in [-0.05, 0) is 10.8 Å². The maximum atomic E-state index is 3.27. The van der Waals surface area contributed by atoms with Gasteiger partial charge in [-0.25, -0.2) is 0 Å². The van der Waals surface area contributed by atoms with Gasteiger partial charge in [0.2, 0.25) is 0 Å². The molecular weight excluding hydrogens is 527 g/mol. The van der Waals surface area contributed by atoms with Gasteiger partial charge in [0.15, 0.2) is 0 Å². The Kier molecular flexibility index (Phi) is 12.5. The molecule has 2 radical (unpaired) electrons. The van der Waals surface area contributed by atoms with Gasteiger partial charge in [0, 0.05) is 9.52 Å². The first-order valence-electron chi connectivity index (χ1n) is 10.1. The van der Waals surface area contributed by atoms with Crippen LogP contribution in [0, 0.1) is 12.2 Å². The number of rotatable bonds is 0. The predicted octanol–water partition coefficient (Wildman–Crippen LogP) is 0.999. The van der Waals surface area contributed by atoms with Crippen LogP contribution in [0.1, 0.15) is 22.3 Å². The molecule has 0 aromatic heterocycles. The van der Waals surface area contributed by atoms with Crippen molar-refractivity contribution in [2.45, 2.75) is 25.9 Å². The second-order valence-corrected chi connectivity index (χ2v) is 8.32. The van der Waals surface area contributed by atoms with E-state index in [0.717, 1.165) is 22.4 Å². The van der Waals surface area contributed by atoms with Crippen LogP contribution >= 0.6 is 0 Å². The summed E-state index contributed by atoms with van der Waals surface area (Å²) in [5.74, 6) is 0. The third kappa shape index (κ3) is 6.78. The summed E-state index contributed by atoms with van der Waals surface area (Å²) in [5, 5.41) is 5.28. The van der Waals surface area contributed by atoms with E-state index in [1.165, 1.54) is 43.8 Å². The maximum Gasteiger partial charge on any atom is 4.00 e. The molecule has 2 aliphatic carbocycles. The van der Waals surface area contributed by atoms with Crippen LogP contribution in [0.15, 0.2) is 84.9 Å². The Balaban J connectivity index is 0.000000264. The third-order valence-corrected chi connectivity index (χ3v) is 5.10. The summed E-state index contributed by atoms with van der Waals surface area (Å²) in [6.45, 7) is 4.31. The average molecular weight is 551 g/mol. The van der Waals surface area contributed by atoms with Gasteiger partial charge in [0.05, 0.1) is 0 Å². The molecule has 0 amide bonds. The molecule has 0 nitrogen and oxygen atoms in total. The molecule has 32 heavy (non-hydrogen) atoms. The molecule has 4 aromatic carbocycles. The number of benzene rings is 4. The van der Waals surface area contributed by atoms with Crippen LogP contribution < -0.4 is 24.8 Å². The first-order chi connectivity index (χ1) is 14.3. The molecule has 0 saturated heterocycles. The maximum absolute atomic E-state index is 3.27. The zero-order valence-corrected chi connectivity index (χ0v) is 23.2. The van der Waals surface area contributed by atoms with Crippen molar-refractivity contribution in [1.29, 1.82) is 0 Å². The zero-order chi connectivity index (χ0) is 20.1. The van der Waals surface area contributed by atoms with Gasteiger partial charge in [-0.1, -0.05) is 85.2 Å². The fraction of sp³-hybridized carbons (Fsp3) is 0.143. The number of fused-ring (bicyclic) bond motifs is 4. The van der Waals surface area contributed by atoms with Gasteiger partial charge < -0.3 is 24.8 Å². The molecule has 158 valence electrons. The Labute approximate surface area is 226 Å². The van der Waals surface area contributed by atoms with Gasteiger partial charge in [-0.2, -0.15) is 47.6 Å². The average Bonchev–Trinajstić information content (AvgIpc) is 3.40. The van der Waals surface area contributed by atoms with Crippen molar-refractivity contribution in [1.82, 2.24) is 0 Å². The molecule has 0 heterocycles. The minimum atomic E-state index is 0. The molecule has 6 rings (SSSR count). The van der Waals surface area contributed by atoms with Crippen LogP contribution in [0.4, 0.5) is 0 Å². The van der Waals surface area contributed by atoms with E-state index in [1.54, 1.807) is 0 Å². The Bertz CT molecular complexity index is 1120. The van der Waals surface area contributed by atoms with Gasteiger partial charge in [0.1, 0.15) is 0 Å². The van der Waals surface area contributed by atoms with Crippen LogP contribution in [-0.4, -0.2) is 9.52 Å². The minimum absolute atomic E-state index is 0. The van der Waals surface area contributed by atoms with Crippen molar-refractivity contribution in [2.75, 3.05) is 0 Å². The van der Waals surface area contributed by atoms with Crippen LogP contribution in [0.2, 0.25) is 13.1 Å². The summed E-state index contributed by atoms with van der Waals surface area (Å²) in [6.07, 6.45) is 12.8. The molecular formula is C28H24Cl2SiZr. The van der Waals surface area contributed by atoms with E-state index in [-0.39, 0.29) is 51.0 Å². The smallest absolute Gasteiger partial charge is 1.00 e. The van der Waals surface area contributed by atoms with Gasteiger partial charge in [0.25, 0.3) is 0 Å². The molecule has 0 N–H and O–H groups in total. The summed E-state index contributed by atoms with van der Waals surface area (Å²) >= 11 is 0. The van der Waals surface area contributed by atoms with Crippen molar-refractivity contribution < 1.29 is 51.0 Å². The fourth-order valence-corrected chi connectivity index (χ4v) is 3.72. The topological polar surface area (TPSA) is 0 Å². The summed E-state index contributed by atoms with van der Waals surface area (Å²) in [4.78, 5) is 0. The molecule has 2 aliphatic rings. The van der Waals surface area contributed by atoms with Crippen LogP contribution in [0.5, 0.6) is 0 Å². The van der Waals surface area contributed by atoms with E-state index in [1.807, 2.05) is 0 Å². The fourth-order valence-electron chi connectivity index (χ4n) is 3.72. The molecule has 0 bridgehead atoms. The van der Waals surface area contributed by atoms with Crippen molar-refractivity contribution in [3.05, 3.63) is 119 Å². The number of halogens is 2. The second kappa shape index (κ2) is 14.0. The van der Waals surface area contributed by atoms with Gasteiger partial charge in [-0.15, -0.1) is 23.3 Å². The number of allylic oxidation sites excluding steroid dienone is 2. The van der Waals surface area contributed by atoms with E-state index in [4.69, 9.17) is 0 Å². The SMILES string of the molecule is C[Si]C.[C-]1=CCc2cc3ccccc3cc21.[C-]1=CCc2cc3ccccc3cc21.[Cl-].[Cl-].[Zr+4]. The monoisotopic (exact) mass is 548 g/mol. The molecule has 0 unspecified atom stereocenters. The molecule has 4 aromatic rings. The third-order valence-electron chi connectivity index (χ3n) is 5.10.